The van der Waals surface area contributed by atoms with E-state index in [9.17, 15) is 9.59 Å². The minimum absolute atomic E-state index is 0.150. The van der Waals surface area contributed by atoms with Crippen LogP contribution in [0.25, 0.3) is 0 Å². The lowest BCUT2D eigenvalue weighted by Gasteiger charge is -2.21. The number of hydrogen-bond donors (Lipinski definition) is 2. The summed E-state index contributed by atoms with van der Waals surface area (Å²) in [5, 5.41) is 5.88. The fourth-order valence-electron chi connectivity index (χ4n) is 3.59. The van der Waals surface area contributed by atoms with Crippen LogP contribution < -0.4 is 15.5 Å². The topological polar surface area (TPSA) is 61.4 Å². The Labute approximate surface area is 173 Å². The van der Waals surface area contributed by atoms with Gasteiger partial charge in [0.25, 0.3) is 0 Å². The zero-order valence-electron chi connectivity index (χ0n) is 17.4. The number of amides is 2. The Bertz CT molecular complexity index is 810. The standard InChI is InChI=1S/C24H31N3O2/c1-3-27(4-2)21-14-12-20(13-15-21)26-23(29)24(16-17-24)22(28)25-18-8-11-19-9-6-5-7-10-19/h5-7,9-10,12-15H,3-4,8,11,16-18H2,1-2H3,(H,25,28)(H,26,29). The number of carbonyl (C=O) groups excluding carboxylic acids is 2. The highest BCUT2D eigenvalue weighted by Crippen LogP contribution is 2.46. The van der Waals surface area contributed by atoms with E-state index in [0.29, 0.717) is 19.4 Å². The highest BCUT2D eigenvalue weighted by molar-refractivity contribution is 6.13. The largest absolute Gasteiger partial charge is 0.372 e. The average Bonchev–Trinajstić information content (AvgIpc) is 3.56. The predicted molar refractivity (Wildman–Crippen MR) is 118 cm³/mol. The SMILES string of the molecule is CCN(CC)c1ccc(NC(=O)C2(C(=O)NCCCc3ccccc3)CC2)cc1. The first-order chi connectivity index (χ1) is 14.1. The van der Waals surface area contributed by atoms with Crippen molar-refractivity contribution in [2.24, 2.45) is 5.41 Å². The Morgan fingerprint density at radius 3 is 2.17 bits per heavy atom. The van der Waals surface area contributed by atoms with Gasteiger partial charge in [-0.1, -0.05) is 30.3 Å². The molecular formula is C24H31N3O2. The van der Waals surface area contributed by atoms with Crippen LogP contribution in [0.5, 0.6) is 0 Å². The molecule has 3 rings (SSSR count). The summed E-state index contributed by atoms with van der Waals surface area (Å²) in [5.41, 5.74) is 2.22. The first-order valence-electron chi connectivity index (χ1n) is 10.6. The van der Waals surface area contributed by atoms with Gasteiger partial charge in [0.2, 0.25) is 11.8 Å². The minimum atomic E-state index is -0.899. The molecule has 1 aliphatic carbocycles. The second kappa shape index (κ2) is 9.59. The number of hydrogen-bond acceptors (Lipinski definition) is 3. The van der Waals surface area contributed by atoms with Crippen molar-refractivity contribution >= 4 is 23.2 Å². The highest BCUT2D eigenvalue weighted by Gasteiger charge is 2.56. The Kier molecular flexibility index (Phi) is 6.91. The van der Waals surface area contributed by atoms with Crippen LogP contribution in [0.2, 0.25) is 0 Å². The van der Waals surface area contributed by atoms with Crippen LogP contribution in [0.4, 0.5) is 11.4 Å². The molecule has 0 heterocycles. The van der Waals surface area contributed by atoms with E-state index in [2.05, 4.69) is 41.5 Å². The van der Waals surface area contributed by atoms with E-state index in [1.54, 1.807) is 0 Å². The third kappa shape index (κ3) is 5.17. The van der Waals surface area contributed by atoms with Gasteiger partial charge in [-0.25, -0.2) is 0 Å². The number of carbonyl (C=O) groups is 2. The number of nitrogens with one attached hydrogen (secondary N) is 2. The van der Waals surface area contributed by atoms with Crippen molar-refractivity contribution in [3.05, 3.63) is 60.2 Å². The van der Waals surface area contributed by atoms with Crippen molar-refractivity contribution in [1.29, 1.82) is 0 Å². The lowest BCUT2D eigenvalue weighted by molar-refractivity contribution is -0.134. The summed E-state index contributed by atoms with van der Waals surface area (Å²) in [5.74, 6) is -0.350. The summed E-state index contributed by atoms with van der Waals surface area (Å²) in [6.45, 7) is 6.70. The van der Waals surface area contributed by atoms with Crippen molar-refractivity contribution in [2.75, 3.05) is 29.9 Å². The third-order valence-electron chi connectivity index (χ3n) is 5.64. The maximum atomic E-state index is 12.7. The zero-order valence-corrected chi connectivity index (χ0v) is 17.4. The van der Waals surface area contributed by atoms with Gasteiger partial charge >= 0.3 is 0 Å². The molecule has 5 nitrogen and oxygen atoms in total. The molecule has 2 N–H and O–H groups in total. The van der Waals surface area contributed by atoms with Gasteiger partial charge in [-0.05, 0) is 69.4 Å². The Balaban J connectivity index is 1.49. The Morgan fingerprint density at radius 1 is 0.931 bits per heavy atom. The Morgan fingerprint density at radius 2 is 1.59 bits per heavy atom. The lowest BCUT2D eigenvalue weighted by atomic mass is 10.0. The molecule has 29 heavy (non-hydrogen) atoms. The van der Waals surface area contributed by atoms with Crippen LogP contribution in [0.15, 0.2) is 54.6 Å². The van der Waals surface area contributed by atoms with Crippen LogP contribution in [0.1, 0.15) is 38.7 Å². The molecule has 1 saturated carbocycles. The molecule has 0 bridgehead atoms. The average molecular weight is 394 g/mol. The second-order valence-corrected chi connectivity index (χ2v) is 7.60. The van der Waals surface area contributed by atoms with Gasteiger partial charge in [0.15, 0.2) is 0 Å². The lowest BCUT2D eigenvalue weighted by Crippen LogP contribution is -2.40. The molecule has 0 spiro atoms. The molecule has 0 atom stereocenters. The molecule has 0 unspecified atom stereocenters. The molecule has 1 aliphatic rings. The normalized spacial score (nSPS) is 14.1. The maximum absolute atomic E-state index is 12.7. The summed E-state index contributed by atoms with van der Waals surface area (Å²) < 4.78 is 0. The van der Waals surface area contributed by atoms with E-state index >= 15 is 0 Å². The molecule has 0 aliphatic heterocycles. The second-order valence-electron chi connectivity index (χ2n) is 7.60. The number of rotatable bonds is 10. The van der Waals surface area contributed by atoms with Gasteiger partial charge in [-0.15, -0.1) is 0 Å². The quantitative estimate of drug-likeness (QED) is 0.474. The van der Waals surface area contributed by atoms with Crippen molar-refractivity contribution in [3.8, 4) is 0 Å². The number of anilines is 2. The van der Waals surface area contributed by atoms with E-state index in [-0.39, 0.29) is 11.8 Å². The van der Waals surface area contributed by atoms with Gasteiger partial charge in [-0.3, -0.25) is 9.59 Å². The smallest absolute Gasteiger partial charge is 0.240 e. The van der Waals surface area contributed by atoms with Crippen LogP contribution in [0, 0.1) is 5.41 Å². The maximum Gasteiger partial charge on any atom is 0.240 e. The number of benzene rings is 2. The van der Waals surface area contributed by atoms with Gasteiger partial charge in [0, 0.05) is 31.0 Å². The van der Waals surface area contributed by atoms with E-state index in [1.807, 2.05) is 42.5 Å². The van der Waals surface area contributed by atoms with Crippen molar-refractivity contribution in [1.82, 2.24) is 5.32 Å². The van der Waals surface area contributed by atoms with Crippen LogP contribution in [-0.2, 0) is 16.0 Å². The fraction of sp³-hybridized carbons (Fsp3) is 0.417. The summed E-state index contributed by atoms with van der Waals surface area (Å²) in [6.07, 6.45) is 3.00. The molecule has 5 heteroatoms. The molecule has 2 amide bonds. The van der Waals surface area contributed by atoms with E-state index in [1.165, 1.54) is 5.56 Å². The fourth-order valence-corrected chi connectivity index (χ4v) is 3.59. The summed E-state index contributed by atoms with van der Waals surface area (Å²) in [6, 6.07) is 18.0. The summed E-state index contributed by atoms with van der Waals surface area (Å²) in [7, 11) is 0. The van der Waals surface area contributed by atoms with Crippen molar-refractivity contribution in [2.45, 2.75) is 39.5 Å². The first kappa shape index (κ1) is 20.9. The molecule has 0 saturated heterocycles. The molecule has 154 valence electrons. The molecule has 0 radical (unpaired) electrons. The van der Waals surface area contributed by atoms with Gasteiger partial charge in [0.1, 0.15) is 5.41 Å². The third-order valence-corrected chi connectivity index (χ3v) is 5.64. The van der Waals surface area contributed by atoms with Crippen LogP contribution >= 0.6 is 0 Å². The monoisotopic (exact) mass is 393 g/mol. The van der Waals surface area contributed by atoms with Crippen LogP contribution in [0.3, 0.4) is 0 Å². The molecule has 0 aromatic heterocycles. The van der Waals surface area contributed by atoms with Crippen molar-refractivity contribution in [3.63, 3.8) is 0 Å². The minimum Gasteiger partial charge on any atom is -0.372 e. The number of aryl methyl sites for hydroxylation is 1. The van der Waals surface area contributed by atoms with Crippen molar-refractivity contribution < 1.29 is 9.59 Å². The van der Waals surface area contributed by atoms with E-state index < -0.39 is 5.41 Å². The van der Waals surface area contributed by atoms with E-state index in [0.717, 1.165) is 37.3 Å². The molecule has 2 aromatic carbocycles. The zero-order chi connectivity index (χ0) is 20.7. The first-order valence-corrected chi connectivity index (χ1v) is 10.6. The van der Waals surface area contributed by atoms with Crippen LogP contribution in [-0.4, -0.2) is 31.4 Å². The van der Waals surface area contributed by atoms with Gasteiger partial charge in [-0.2, -0.15) is 0 Å². The Hall–Kier alpha value is -2.82. The molecule has 2 aromatic rings. The van der Waals surface area contributed by atoms with E-state index in [4.69, 9.17) is 0 Å². The van der Waals surface area contributed by atoms with Gasteiger partial charge < -0.3 is 15.5 Å². The summed E-state index contributed by atoms with van der Waals surface area (Å²) in [4.78, 5) is 27.6. The molecular weight excluding hydrogens is 362 g/mol. The summed E-state index contributed by atoms with van der Waals surface area (Å²) >= 11 is 0. The highest BCUT2D eigenvalue weighted by atomic mass is 16.2. The van der Waals surface area contributed by atoms with Gasteiger partial charge in [0.05, 0.1) is 0 Å². The predicted octanol–water partition coefficient (Wildman–Crippen LogP) is 4.00. The number of nitrogens with zero attached hydrogens (tertiary/aromatic N) is 1. The molecule has 1 fully saturated rings.